The highest BCUT2D eigenvalue weighted by atomic mass is 127. The summed E-state index contributed by atoms with van der Waals surface area (Å²) in [4.78, 5) is 7.55. The topological polar surface area (TPSA) is 67.1 Å². The number of aliphatic imine (C=N–C) groups is 1. The molecule has 2 aromatic heterocycles. The first kappa shape index (κ1) is 19.7. The van der Waals surface area contributed by atoms with E-state index in [4.69, 9.17) is 0 Å². The van der Waals surface area contributed by atoms with Gasteiger partial charge in [0, 0.05) is 25.7 Å². The summed E-state index contributed by atoms with van der Waals surface area (Å²) in [5, 5.41) is 11.4. The quantitative estimate of drug-likeness (QED) is 0.418. The summed E-state index contributed by atoms with van der Waals surface area (Å²) in [5.41, 5.74) is 0.0867. The minimum Gasteiger partial charge on any atom is -0.351 e. The van der Waals surface area contributed by atoms with E-state index in [2.05, 4.69) is 25.7 Å². The largest absolute Gasteiger partial charge is 0.434 e. The van der Waals surface area contributed by atoms with Crippen molar-refractivity contribution in [3.63, 3.8) is 0 Å². The van der Waals surface area contributed by atoms with Gasteiger partial charge >= 0.3 is 6.18 Å². The van der Waals surface area contributed by atoms with Gasteiger partial charge in [0.25, 0.3) is 0 Å². The molecule has 0 atom stereocenters. The van der Waals surface area contributed by atoms with Gasteiger partial charge < -0.3 is 10.6 Å². The van der Waals surface area contributed by atoms with E-state index in [1.165, 1.54) is 0 Å². The molecular weight excluding hydrogens is 444 g/mol. The minimum atomic E-state index is -4.41. The standard InChI is InChI=1S/C12H15F3N6S.HI/c1-16-11(17-5-8-3-4-19-21(8)2)18-6-10-20-9(7-22-10)12(13,14)15;/h3-4,7H,5-6H2,1-2H3,(H2,16,17,18);1H. The van der Waals surface area contributed by atoms with E-state index in [0.717, 1.165) is 22.4 Å². The number of rotatable bonds is 4. The Hall–Kier alpha value is -1.37. The summed E-state index contributed by atoms with van der Waals surface area (Å²) < 4.78 is 39.1. The Bertz CT molecular complexity index is 651. The van der Waals surface area contributed by atoms with Crippen molar-refractivity contribution < 1.29 is 13.2 Å². The average Bonchev–Trinajstić information content (AvgIpc) is 3.08. The molecule has 128 valence electrons. The molecule has 0 aliphatic heterocycles. The number of hydrogen-bond donors (Lipinski definition) is 2. The number of nitrogens with one attached hydrogen (secondary N) is 2. The summed E-state index contributed by atoms with van der Waals surface area (Å²) in [6.45, 7) is 0.674. The number of thiazole rings is 1. The number of aryl methyl sites for hydroxylation is 1. The molecule has 2 N–H and O–H groups in total. The fourth-order valence-electron chi connectivity index (χ4n) is 1.65. The van der Waals surface area contributed by atoms with E-state index >= 15 is 0 Å². The number of guanidine groups is 1. The van der Waals surface area contributed by atoms with Crippen LogP contribution in [0.2, 0.25) is 0 Å². The van der Waals surface area contributed by atoms with Gasteiger partial charge in [-0.2, -0.15) is 18.3 Å². The Labute approximate surface area is 152 Å². The first-order valence-corrected chi connectivity index (χ1v) is 7.21. The molecule has 2 heterocycles. The lowest BCUT2D eigenvalue weighted by atomic mass is 10.4. The van der Waals surface area contributed by atoms with Gasteiger partial charge in [-0.15, -0.1) is 35.3 Å². The highest BCUT2D eigenvalue weighted by molar-refractivity contribution is 14.0. The van der Waals surface area contributed by atoms with Crippen LogP contribution in [0.4, 0.5) is 13.2 Å². The van der Waals surface area contributed by atoms with Crippen LogP contribution in [0.15, 0.2) is 22.6 Å². The van der Waals surface area contributed by atoms with Crippen LogP contribution in [0.25, 0.3) is 0 Å². The molecule has 0 aromatic carbocycles. The summed E-state index contributed by atoms with van der Waals surface area (Å²) in [6.07, 6.45) is -2.73. The molecule has 11 heteroatoms. The summed E-state index contributed by atoms with van der Waals surface area (Å²) in [5.74, 6) is 0.477. The van der Waals surface area contributed by atoms with Crippen molar-refractivity contribution in [3.05, 3.63) is 34.0 Å². The molecule has 0 radical (unpaired) electrons. The summed E-state index contributed by atoms with van der Waals surface area (Å²) in [7, 11) is 3.41. The van der Waals surface area contributed by atoms with E-state index in [9.17, 15) is 13.2 Å². The molecule has 23 heavy (non-hydrogen) atoms. The molecule has 0 bridgehead atoms. The van der Waals surface area contributed by atoms with E-state index in [1.807, 2.05) is 13.1 Å². The zero-order valence-electron chi connectivity index (χ0n) is 12.4. The number of hydrogen-bond acceptors (Lipinski definition) is 4. The van der Waals surface area contributed by atoms with Crippen LogP contribution in [-0.2, 0) is 26.3 Å². The van der Waals surface area contributed by atoms with Crippen LogP contribution in [0.3, 0.4) is 0 Å². The van der Waals surface area contributed by atoms with E-state index in [0.29, 0.717) is 17.5 Å². The zero-order valence-corrected chi connectivity index (χ0v) is 15.5. The molecular formula is C12H16F3IN6S. The SMILES string of the molecule is CN=C(NCc1nc(C(F)(F)F)cs1)NCc1ccnn1C.I. The third kappa shape index (κ3) is 5.64. The van der Waals surface area contributed by atoms with E-state index in [1.54, 1.807) is 17.9 Å². The van der Waals surface area contributed by atoms with Crippen molar-refractivity contribution in [3.8, 4) is 0 Å². The summed E-state index contributed by atoms with van der Waals surface area (Å²) >= 11 is 0.957. The van der Waals surface area contributed by atoms with Crippen molar-refractivity contribution in [1.82, 2.24) is 25.4 Å². The molecule has 0 saturated heterocycles. The molecule has 2 aromatic rings. The van der Waals surface area contributed by atoms with Gasteiger partial charge in [-0.25, -0.2) is 4.98 Å². The smallest absolute Gasteiger partial charge is 0.351 e. The van der Waals surface area contributed by atoms with Crippen molar-refractivity contribution in [2.24, 2.45) is 12.0 Å². The number of aromatic nitrogens is 3. The lowest BCUT2D eigenvalue weighted by Crippen LogP contribution is -2.36. The Kier molecular flexibility index (Phi) is 7.25. The third-order valence-electron chi connectivity index (χ3n) is 2.83. The predicted molar refractivity (Wildman–Crippen MR) is 92.8 cm³/mol. The molecule has 0 unspecified atom stereocenters. The maximum atomic E-state index is 12.5. The molecule has 0 saturated carbocycles. The first-order chi connectivity index (χ1) is 10.4. The summed E-state index contributed by atoms with van der Waals surface area (Å²) in [6, 6.07) is 1.86. The second kappa shape index (κ2) is 8.47. The minimum absolute atomic E-state index is 0. The monoisotopic (exact) mass is 460 g/mol. The van der Waals surface area contributed by atoms with Crippen LogP contribution in [-0.4, -0.2) is 27.8 Å². The Morgan fingerprint density at radius 1 is 1.35 bits per heavy atom. The first-order valence-electron chi connectivity index (χ1n) is 6.33. The van der Waals surface area contributed by atoms with Gasteiger partial charge in [-0.05, 0) is 6.07 Å². The van der Waals surface area contributed by atoms with Crippen LogP contribution in [0.1, 0.15) is 16.4 Å². The van der Waals surface area contributed by atoms with Gasteiger partial charge in [-0.1, -0.05) is 0 Å². The molecule has 0 fully saturated rings. The van der Waals surface area contributed by atoms with Gasteiger partial charge in [0.05, 0.1) is 18.8 Å². The predicted octanol–water partition coefficient (Wildman–Crippen LogP) is 2.38. The maximum absolute atomic E-state index is 12.5. The average molecular weight is 460 g/mol. The fourth-order valence-corrected chi connectivity index (χ4v) is 2.39. The number of halogens is 4. The molecule has 0 aliphatic carbocycles. The molecule has 6 nitrogen and oxygen atoms in total. The lowest BCUT2D eigenvalue weighted by Gasteiger charge is -2.10. The van der Waals surface area contributed by atoms with Crippen LogP contribution >= 0.6 is 35.3 Å². The third-order valence-corrected chi connectivity index (χ3v) is 3.68. The van der Waals surface area contributed by atoms with Gasteiger partial charge in [0.1, 0.15) is 5.01 Å². The second-order valence-electron chi connectivity index (χ2n) is 4.35. The molecule has 0 spiro atoms. The van der Waals surface area contributed by atoms with Crippen molar-refractivity contribution in [1.29, 1.82) is 0 Å². The molecule has 0 aliphatic rings. The lowest BCUT2D eigenvalue weighted by molar-refractivity contribution is -0.140. The van der Waals surface area contributed by atoms with Gasteiger partial charge in [0.2, 0.25) is 0 Å². The normalized spacial score (nSPS) is 12.0. The molecule has 2 rings (SSSR count). The highest BCUT2D eigenvalue weighted by Gasteiger charge is 2.33. The number of alkyl halides is 3. The Morgan fingerprint density at radius 3 is 2.57 bits per heavy atom. The second-order valence-corrected chi connectivity index (χ2v) is 5.29. The van der Waals surface area contributed by atoms with Crippen molar-refractivity contribution in [2.45, 2.75) is 19.3 Å². The number of nitrogens with zero attached hydrogens (tertiary/aromatic N) is 4. The van der Waals surface area contributed by atoms with Crippen molar-refractivity contribution >= 4 is 41.3 Å². The van der Waals surface area contributed by atoms with Crippen LogP contribution < -0.4 is 10.6 Å². The molecule has 0 amide bonds. The van der Waals surface area contributed by atoms with E-state index < -0.39 is 11.9 Å². The zero-order chi connectivity index (χ0) is 16.2. The van der Waals surface area contributed by atoms with Crippen LogP contribution in [0.5, 0.6) is 0 Å². The van der Waals surface area contributed by atoms with Crippen molar-refractivity contribution in [2.75, 3.05) is 7.05 Å². The highest BCUT2D eigenvalue weighted by Crippen LogP contribution is 2.29. The maximum Gasteiger partial charge on any atom is 0.434 e. The van der Waals surface area contributed by atoms with Gasteiger partial charge in [-0.3, -0.25) is 9.67 Å². The Morgan fingerprint density at radius 2 is 2.04 bits per heavy atom. The Balaban J connectivity index is 0.00000264. The van der Waals surface area contributed by atoms with E-state index in [-0.39, 0.29) is 30.5 Å². The fraction of sp³-hybridized carbons (Fsp3) is 0.417. The van der Waals surface area contributed by atoms with Gasteiger partial charge in [0.15, 0.2) is 11.7 Å². The van der Waals surface area contributed by atoms with Crippen LogP contribution in [0, 0.1) is 0 Å².